The van der Waals surface area contributed by atoms with Gasteiger partial charge < -0.3 is 4.57 Å². The van der Waals surface area contributed by atoms with Gasteiger partial charge >= 0.3 is 0 Å². The summed E-state index contributed by atoms with van der Waals surface area (Å²) in [7, 11) is 0. The van der Waals surface area contributed by atoms with Gasteiger partial charge in [0.1, 0.15) is 5.82 Å². The summed E-state index contributed by atoms with van der Waals surface area (Å²) >= 11 is 7.63. The van der Waals surface area contributed by atoms with Crippen LogP contribution in [0.15, 0.2) is 12.1 Å². The zero-order valence-corrected chi connectivity index (χ0v) is 12.4. The molecule has 0 aliphatic carbocycles. The van der Waals surface area contributed by atoms with Crippen molar-refractivity contribution < 1.29 is 8.78 Å². The number of rotatable bonds is 5. The van der Waals surface area contributed by atoms with Crippen LogP contribution in [0.2, 0.25) is 0 Å². The molecule has 1 aromatic carbocycles. The van der Waals surface area contributed by atoms with E-state index < -0.39 is 11.6 Å². The highest BCUT2D eigenvalue weighted by Gasteiger charge is 2.14. The summed E-state index contributed by atoms with van der Waals surface area (Å²) in [4.78, 5) is 4.25. The van der Waals surface area contributed by atoms with E-state index in [1.807, 2.05) is 10.8 Å². The Hall–Kier alpha value is -0.810. The first-order valence-corrected chi connectivity index (χ1v) is 7.82. The van der Waals surface area contributed by atoms with E-state index in [0.29, 0.717) is 28.7 Å². The SMILES string of the molecule is CSC(C)CCn1c(CCl)nc2cc(F)c(F)cc21. The van der Waals surface area contributed by atoms with Gasteiger partial charge in [-0.1, -0.05) is 6.92 Å². The number of halogens is 3. The summed E-state index contributed by atoms with van der Waals surface area (Å²) in [5.74, 6) is -0.857. The summed E-state index contributed by atoms with van der Waals surface area (Å²) in [6.45, 7) is 2.83. The molecule has 2 aromatic rings. The maximum Gasteiger partial charge on any atom is 0.161 e. The van der Waals surface area contributed by atoms with Crippen LogP contribution in [-0.4, -0.2) is 21.1 Å². The second kappa shape index (κ2) is 6.09. The third-order valence-electron chi connectivity index (χ3n) is 3.15. The molecule has 0 saturated heterocycles. The quantitative estimate of drug-likeness (QED) is 0.771. The van der Waals surface area contributed by atoms with E-state index in [0.717, 1.165) is 12.5 Å². The van der Waals surface area contributed by atoms with Crippen LogP contribution in [0.5, 0.6) is 0 Å². The van der Waals surface area contributed by atoms with Crippen molar-refractivity contribution >= 4 is 34.4 Å². The van der Waals surface area contributed by atoms with Gasteiger partial charge in [0.15, 0.2) is 11.6 Å². The molecule has 0 aliphatic rings. The maximum absolute atomic E-state index is 13.4. The van der Waals surface area contributed by atoms with Crippen LogP contribution < -0.4 is 0 Å². The van der Waals surface area contributed by atoms with Crippen molar-refractivity contribution in [3.8, 4) is 0 Å². The first kappa shape index (κ1) is 14.6. The van der Waals surface area contributed by atoms with E-state index in [2.05, 4.69) is 11.9 Å². The number of benzene rings is 1. The maximum atomic E-state index is 13.4. The van der Waals surface area contributed by atoms with Gasteiger partial charge in [0.2, 0.25) is 0 Å². The van der Waals surface area contributed by atoms with Crippen molar-refractivity contribution in [2.75, 3.05) is 6.26 Å². The van der Waals surface area contributed by atoms with Gasteiger partial charge in [0, 0.05) is 23.9 Å². The molecule has 1 heterocycles. The Balaban J connectivity index is 2.42. The van der Waals surface area contributed by atoms with Crippen LogP contribution in [0, 0.1) is 11.6 Å². The molecule has 0 saturated carbocycles. The van der Waals surface area contributed by atoms with E-state index in [1.54, 1.807) is 11.8 Å². The monoisotopic (exact) mass is 304 g/mol. The number of nitrogens with zero attached hydrogens (tertiary/aromatic N) is 2. The molecular weight excluding hydrogens is 290 g/mol. The van der Waals surface area contributed by atoms with Crippen molar-refractivity contribution in [3.63, 3.8) is 0 Å². The molecule has 0 spiro atoms. The Morgan fingerprint density at radius 2 is 2.05 bits per heavy atom. The van der Waals surface area contributed by atoms with Gasteiger partial charge in [-0.05, 0) is 12.7 Å². The van der Waals surface area contributed by atoms with Crippen LogP contribution in [0.25, 0.3) is 11.0 Å². The molecule has 1 atom stereocenters. The molecular formula is C13H15ClF2N2S. The van der Waals surface area contributed by atoms with Gasteiger partial charge in [-0.15, -0.1) is 11.6 Å². The number of hydrogen-bond donors (Lipinski definition) is 0. The minimum Gasteiger partial charge on any atom is -0.327 e. The molecule has 104 valence electrons. The zero-order chi connectivity index (χ0) is 14.0. The minimum atomic E-state index is -0.879. The van der Waals surface area contributed by atoms with Crippen LogP contribution >= 0.6 is 23.4 Å². The third-order valence-corrected chi connectivity index (χ3v) is 4.43. The summed E-state index contributed by atoms with van der Waals surface area (Å²) in [5.41, 5.74) is 1.05. The molecule has 0 amide bonds. The van der Waals surface area contributed by atoms with Gasteiger partial charge in [-0.2, -0.15) is 11.8 Å². The summed E-state index contributed by atoms with van der Waals surface area (Å²) < 4.78 is 28.4. The average Bonchev–Trinajstić information content (AvgIpc) is 2.73. The van der Waals surface area contributed by atoms with Gasteiger partial charge in [-0.3, -0.25) is 0 Å². The fourth-order valence-electron chi connectivity index (χ4n) is 1.95. The first-order valence-electron chi connectivity index (χ1n) is 5.99. The lowest BCUT2D eigenvalue weighted by Gasteiger charge is -2.11. The lowest BCUT2D eigenvalue weighted by atomic mass is 10.2. The van der Waals surface area contributed by atoms with E-state index in [9.17, 15) is 8.78 Å². The van der Waals surface area contributed by atoms with Crippen LogP contribution in [0.4, 0.5) is 8.78 Å². The second-order valence-corrected chi connectivity index (χ2v) is 5.95. The summed E-state index contributed by atoms with van der Waals surface area (Å²) in [6.07, 6.45) is 2.98. The van der Waals surface area contributed by atoms with Crippen molar-refractivity contribution in [2.24, 2.45) is 0 Å². The Kier molecular flexibility index (Phi) is 4.68. The van der Waals surface area contributed by atoms with Gasteiger partial charge in [0.25, 0.3) is 0 Å². The highest BCUT2D eigenvalue weighted by Crippen LogP contribution is 2.22. The molecule has 2 nitrogen and oxygen atoms in total. The predicted molar refractivity (Wildman–Crippen MR) is 76.8 cm³/mol. The van der Waals surface area contributed by atoms with Crippen LogP contribution in [0.3, 0.4) is 0 Å². The Bertz CT molecular complexity index is 586. The highest BCUT2D eigenvalue weighted by molar-refractivity contribution is 7.99. The molecule has 1 aromatic heterocycles. The van der Waals surface area contributed by atoms with Crippen molar-refractivity contribution in [1.82, 2.24) is 9.55 Å². The Morgan fingerprint density at radius 1 is 1.37 bits per heavy atom. The normalized spacial score (nSPS) is 13.1. The number of aryl methyl sites for hydroxylation is 1. The topological polar surface area (TPSA) is 17.8 Å². The lowest BCUT2D eigenvalue weighted by molar-refractivity contribution is 0.510. The van der Waals surface area contributed by atoms with Crippen molar-refractivity contribution in [1.29, 1.82) is 0 Å². The predicted octanol–water partition coefficient (Wildman–Crippen LogP) is 4.19. The second-order valence-electron chi connectivity index (χ2n) is 4.40. The van der Waals surface area contributed by atoms with E-state index in [-0.39, 0.29) is 5.88 Å². The Morgan fingerprint density at radius 3 is 2.68 bits per heavy atom. The third kappa shape index (κ3) is 3.03. The largest absolute Gasteiger partial charge is 0.327 e. The molecule has 0 aliphatic heterocycles. The molecule has 6 heteroatoms. The van der Waals surface area contributed by atoms with E-state index in [1.165, 1.54) is 6.07 Å². The number of fused-ring (bicyclic) bond motifs is 1. The fourth-order valence-corrected chi connectivity index (χ4v) is 2.50. The minimum absolute atomic E-state index is 0.228. The molecule has 0 N–H and O–H groups in total. The van der Waals surface area contributed by atoms with Crippen molar-refractivity contribution in [3.05, 3.63) is 29.6 Å². The highest BCUT2D eigenvalue weighted by atomic mass is 35.5. The fraction of sp³-hybridized carbons (Fsp3) is 0.462. The van der Waals surface area contributed by atoms with E-state index in [4.69, 9.17) is 11.6 Å². The van der Waals surface area contributed by atoms with Crippen LogP contribution in [-0.2, 0) is 12.4 Å². The molecule has 0 radical (unpaired) electrons. The number of hydrogen-bond acceptors (Lipinski definition) is 2. The number of alkyl halides is 1. The molecule has 2 rings (SSSR count). The average molecular weight is 305 g/mol. The Labute approximate surface area is 120 Å². The first-order chi connectivity index (χ1) is 9.06. The van der Waals surface area contributed by atoms with Crippen molar-refractivity contribution in [2.45, 2.75) is 31.0 Å². The number of imidazole rings is 1. The number of thioether (sulfide) groups is 1. The molecule has 19 heavy (non-hydrogen) atoms. The molecule has 0 fully saturated rings. The summed E-state index contributed by atoms with van der Waals surface area (Å²) in [6, 6.07) is 2.31. The molecule has 0 bridgehead atoms. The lowest BCUT2D eigenvalue weighted by Crippen LogP contribution is -2.07. The van der Waals surface area contributed by atoms with Crippen LogP contribution in [0.1, 0.15) is 19.2 Å². The standard InChI is InChI=1S/C13H15ClF2N2S/c1-8(19-2)3-4-18-12-6-10(16)9(15)5-11(12)17-13(18)7-14/h5-6,8H,3-4,7H2,1-2H3. The number of aromatic nitrogens is 2. The summed E-state index contributed by atoms with van der Waals surface area (Å²) in [5, 5.41) is 0.492. The molecule has 1 unspecified atom stereocenters. The zero-order valence-electron chi connectivity index (χ0n) is 10.8. The van der Waals surface area contributed by atoms with E-state index >= 15 is 0 Å². The van der Waals surface area contributed by atoms with Gasteiger partial charge in [-0.25, -0.2) is 13.8 Å². The van der Waals surface area contributed by atoms with Gasteiger partial charge in [0.05, 0.1) is 16.9 Å². The smallest absolute Gasteiger partial charge is 0.161 e.